The van der Waals surface area contributed by atoms with Crippen molar-refractivity contribution in [3.8, 4) is 0 Å². The molecule has 0 aromatic carbocycles. The topological polar surface area (TPSA) is 99.3 Å². The summed E-state index contributed by atoms with van der Waals surface area (Å²) in [6.07, 6.45) is 3.70. The first-order chi connectivity index (χ1) is 11.4. The van der Waals surface area contributed by atoms with Gasteiger partial charge in [0.2, 0.25) is 0 Å². The van der Waals surface area contributed by atoms with Gasteiger partial charge in [-0.05, 0) is 26.6 Å². The second kappa shape index (κ2) is 6.48. The summed E-state index contributed by atoms with van der Waals surface area (Å²) >= 11 is 0. The lowest BCUT2D eigenvalue weighted by molar-refractivity contribution is 0.0679. The number of amides is 1. The quantitative estimate of drug-likeness (QED) is 0.823. The Hall–Kier alpha value is -2.00. The lowest BCUT2D eigenvalue weighted by atomic mass is 10.1. The van der Waals surface area contributed by atoms with Crippen LogP contribution in [0.15, 0.2) is 18.5 Å². The number of nitrogens with zero attached hydrogens (tertiary/aromatic N) is 4. The minimum Gasteiger partial charge on any atom is -0.332 e. The van der Waals surface area contributed by atoms with Crippen LogP contribution in [-0.4, -0.2) is 84.0 Å². The molecular formula is C15H21N5O3S. The van der Waals surface area contributed by atoms with Crippen LogP contribution in [0.4, 0.5) is 0 Å². The van der Waals surface area contributed by atoms with E-state index >= 15 is 0 Å². The van der Waals surface area contributed by atoms with E-state index in [0.29, 0.717) is 30.6 Å². The molecule has 1 unspecified atom stereocenters. The number of sulfone groups is 1. The van der Waals surface area contributed by atoms with Crippen LogP contribution in [0.2, 0.25) is 0 Å². The maximum atomic E-state index is 13.0. The Labute approximate surface area is 140 Å². The minimum absolute atomic E-state index is 0.0206. The van der Waals surface area contributed by atoms with Gasteiger partial charge in [0.25, 0.3) is 5.91 Å². The molecule has 0 aliphatic carbocycles. The normalized spacial score (nSPS) is 19.9. The van der Waals surface area contributed by atoms with Crippen molar-refractivity contribution >= 4 is 26.6 Å². The molecule has 0 spiro atoms. The van der Waals surface area contributed by atoms with Crippen molar-refractivity contribution in [2.75, 3.05) is 38.7 Å². The first-order valence-corrected chi connectivity index (χ1v) is 9.64. The molecule has 1 atom stereocenters. The van der Waals surface area contributed by atoms with Crippen LogP contribution in [0.5, 0.6) is 0 Å². The van der Waals surface area contributed by atoms with Crippen LogP contribution in [0, 0.1) is 0 Å². The highest BCUT2D eigenvalue weighted by Gasteiger charge is 2.36. The predicted octanol–water partition coefficient (Wildman–Crippen LogP) is 0.149. The summed E-state index contributed by atoms with van der Waals surface area (Å²) in [6.45, 7) is 1.11. The van der Waals surface area contributed by atoms with E-state index in [0.717, 1.165) is 5.52 Å². The average Bonchev–Trinajstić information content (AvgIpc) is 3.10. The largest absolute Gasteiger partial charge is 0.332 e. The van der Waals surface area contributed by atoms with Gasteiger partial charge in [-0.3, -0.25) is 14.9 Å². The molecule has 1 fully saturated rings. The van der Waals surface area contributed by atoms with Crippen molar-refractivity contribution in [1.29, 1.82) is 0 Å². The number of hydrogen-bond donors (Lipinski definition) is 1. The van der Waals surface area contributed by atoms with Crippen molar-refractivity contribution in [1.82, 2.24) is 25.0 Å². The third kappa shape index (κ3) is 3.41. The Bertz CT molecular complexity index is 846. The first-order valence-electron chi connectivity index (χ1n) is 7.81. The third-order valence-corrected chi connectivity index (χ3v) is 6.02. The second-order valence-corrected chi connectivity index (χ2v) is 8.58. The standard InChI is InChI=1S/C15H21N5O3S/c1-19(2)6-7-20(11-4-8-24(22,23)10-11)15(21)14-12-9-16-5-3-13(12)17-18-14/h3,5,9,11H,4,6-8,10H2,1-2H3,(H,17,18). The van der Waals surface area contributed by atoms with Gasteiger partial charge in [0.15, 0.2) is 15.5 Å². The zero-order chi connectivity index (χ0) is 17.3. The van der Waals surface area contributed by atoms with Gasteiger partial charge in [-0.2, -0.15) is 5.10 Å². The van der Waals surface area contributed by atoms with Crippen LogP contribution in [0.3, 0.4) is 0 Å². The van der Waals surface area contributed by atoms with Crippen molar-refractivity contribution < 1.29 is 13.2 Å². The molecule has 1 saturated heterocycles. The van der Waals surface area contributed by atoms with E-state index in [9.17, 15) is 13.2 Å². The van der Waals surface area contributed by atoms with Gasteiger partial charge < -0.3 is 9.80 Å². The van der Waals surface area contributed by atoms with Gasteiger partial charge in [-0.25, -0.2) is 8.42 Å². The maximum absolute atomic E-state index is 13.0. The molecule has 0 saturated carbocycles. The van der Waals surface area contributed by atoms with E-state index in [-0.39, 0.29) is 23.5 Å². The molecule has 130 valence electrons. The number of hydrogen-bond acceptors (Lipinski definition) is 6. The molecule has 1 amide bonds. The zero-order valence-corrected chi connectivity index (χ0v) is 14.6. The molecule has 9 heteroatoms. The van der Waals surface area contributed by atoms with E-state index in [1.807, 2.05) is 19.0 Å². The second-order valence-electron chi connectivity index (χ2n) is 6.35. The highest BCUT2D eigenvalue weighted by atomic mass is 32.2. The van der Waals surface area contributed by atoms with Crippen molar-refractivity contribution in [3.05, 3.63) is 24.2 Å². The van der Waals surface area contributed by atoms with Crippen LogP contribution in [-0.2, 0) is 9.84 Å². The summed E-state index contributed by atoms with van der Waals surface area (Å²) in [5.41, 5.74) is 1.03. The Morgan fingerprint density at radius 2 is 2.17 bits per heavy atom. The Morgan fingerprint density at radius 1 is 1.38 bits per heavy atom. The fraction of sp³-hybridized carbons (Fsp3) is 0.533. The van der Waals surface area contributed by atoms with Gasteiger partial charge >= 0.3 is 0 Å². The van der Waals surface area contributed by atoms with Crippen LogP contribution in [0.1, 0.15) is 16.9 Å². The van der Waals surface area contributed by atoms with Gasteiger partial charge in [0.05, 0.1) is 22.4 Å². The SMILES string of the molecule is CN(C)CCN(C(=O)c1n[nH]c2ccncc12)C1CCS(=O)(=O)C1. The monoisotopic (exact) mass is 351 g/mol. The molecule has 1 aliphatic heterocycles. The van der Waals surface area contributed by atoms with Crippen LogP contribution in [0.25, 0.3) is 10.9 Å². The fourth-order valence-electron chi connectivity index (χ4n) is 2.93. The average molecular weight is 351 g/mol. The Kier molecular flexibility index (Phi) is 4.55. The molecule has 8 nitrogen and oxygen atoms in total. The molecule has 2 aromatic rings. The molecule has 1 aliphatic rings. The van der Waals surface area contributed by atoms with Gasteiger partial charge in [0, 0.05) is 31.5 Å². The van der Waals surface area contributed by atoms with Crippen molar-refractivity contribution in [2.45, 2.75) is 12.5 Å². The summed E-state index contributed by atoms with van der Waals surface area (Å²) in [5, 5.41) is 7.61. The first kappa shape index (κ1) is 16.8. The summed E-state index contributed by atoms with van der Waals surface area (Å²) in [4.78, 5) is 20.7. The number of nitrogens with one attached hydrogen (secondary N) is 1. The number of carbonyl (C=O) groups is 1. The minimum atomic E-state index is -3.07. The van der Waals surface area contributed by atoms with E-state index in [2.05, 4.69) is 15.2 Å². The Morgan fingerprint density at radius 3 is 2.83 bits per heavy atom. The molecular weight excluding hydrogens is 330 g/mol. The zero-order valence-electron chi connectivity index (χ0n) is 13.8. The number of rotatable bonds is 5. The number of aromatic nitrogens is 3. The Balaban J connectivity index is 1.91. The molecule has 0 bridgehead atoms. The lowest BCUT2D eigenvalue weighted by Crippen LogP contribution is -2.44. The van der Waals surface area contributed by atoms with Crippen LogP contribution < -0.4 is 0 Å². The molecule has 3 heterocycles. The van der Waals surface area contributed by atoms with E-state index < -0.39 is 9.84 Å². The summed E-state index contributed by atoms with van der Waals surface area (Å²) in [5.74, 6) is -0.0998. The highest BCUT2D eigenvalue weighted by Crippen LogP contribution is 2.22. The number of likely N-dealkylation sites (N-methyl/N-ethyl adjacent to an activating group) is 1. The van der Waals surface area contributed by atoms with Gasteiger partial charge in [-0.1, -0.05) is 0 Å². The van der Waals surface area contributed by atoms with Gasteiger partial charge in [0.1, 0.15) is 0 Å². The molecule has 2 aromatic heterocycles. The lowest BCUT2D eigenvalue weighted by Gasteiger charge is -2.29. The maximum Gasteiger partial charge on any atom is 0.275 e. The smallest absolute Gasteiger partial charge is 0.275 e. The number of fused-ring (bicyclic) bond motifs is 1. The third-order valence-electron chi connectivity index (χ3n) is 4.27. The summed E-state index contributed by atoms with van der Waals surface area (Å²) < 4.78 is 23.6. The van der Waals surface area contributed by atoms with E-state index in [1.54, 1.807) is 23.4 Å². The van der Waals surface area contributed by atoms with Crippen LogP contribution >= 0.6 is 0 Å². The number of aromatic amines is 1. The molecule has 1 N–H and O–H groups in total. The molecule has 24 heavy (non-hydrogen) atoms. The molecule has 0 radical (unpaired) electrons. The highest BCUT2D eigenvalue weighted by molar-refractivity contribution is 7.91. The summed E-state index contributed by atoms with van der Waals surface area (Å²) in [6, 6.07) is 1.45. The van der Waals surface area contributed by atoms with Gasteiger partial charge in [-0.15, -0.1) is 0 Å². The van der Waals surface area contributed by atoms with E-state index in [1.165, 1.54) is 0 Å². The number of carbonyl (C=O) groups excluding carboxylic acids is 1. The number of pyridine rings is 1. The molecule has 3 rings (SSSR count). The van der Waals surface area contributed by atoms with E-state index in [4.69, 9.17) is 0 Å². The van der Waals surface area contributed by atoms with Crippen molar-refractivity contribution in [3.63, 3.8) is 0 Å². The summed E-state index contributed by atoms with van der Waals surface area (Å²) in [7, 11) is 0.765. The number of H-pyrrole nitrogens is 1. The fourth-order valence-corrected chi connectivity index (χ4v) is 4.67. The predicted molar refractivity (Wildman–Crippen MR) is 90.5 cm³/mol. The van der Waals surface area contributed by atoms with Crippen molar-refractivity contribution in [2.24, 2.45) is 0 Å².